The van der Waals surface area contributed by atoms with Gasteiger partial charge in [-0.15, -0.1) is 0 Å². The number of hydrogen-bond acceptors (Lipinski definition) is 4. The number of benzene rings is 1. The Morgan fingerprint density at radius 1 is 1.26 bits per heavy atom. The lowest BCUT2D eigenvalue weighted by molar-refractivity contribution is 0.168. The van der Waals surface area contributed by atoms with Gasteiger partial charge in [0.2, 0.25) is 0 Å². The van der Waals surface area contributed by atoms with Crippen molar-refractivity contribution in [1.82, 2.24) is 5.32 Å². The summed E-state index contributed by atoms with van der Waals surface area (Å²) in [5, 5.41) is 13.7. The SMILES string of the molecule is Oc1cc2c(c(CC3CCNCC3)c1Cl)OCCO2. The summed E-state index contributed by atoms with van der Waals surface area (Å²) >= 11 is 6.25. The maximum atomic E-state index is 9.91. The van der Waals surface area contributed by atoms with E-state index in [9.17, 15) is 5.11 Å². The summed E-state index contributed by atoms with van der Waals surface area (Å²) in [7, 11) is 0. The Morgan fingerprint density at radius 3 is 2.79 bits per heavy atom. The fraction of sp³-hybridized carbons (Fsp3) is 0.571. The Bertz CT molecular complexity index is 472. The predicted molar refractivity (Wildman–Crippen MR) is 73.4 cm³/mol. The lowest BCUT2D eigenvalue weighted by atomic mass is 9.90. The number of rotatable bonds is 2. The van der Waals surface area contributed by atoms with Crippen molar-refractivity contribution >= 4 is 11.6 Å². The van der Waals surface area contributed by atoms with Crippen molar-refractivity contribution in [3.63, 3.8) is 0 Å². The molecule has 2 N–H and O–H groups in total. The van der Waals surface area contributed by atoms with Crippen LogP contribution in [0.5, 0.6) is 17.2 Å². The molecule has 0 amide bonds. The van der Waals surface area contributed by atoms with Crippen LogP contribution in [-0.4, -0.2) is 31.4 Å². The fourth-order valence-corrected chi connectivity index (χ4v) is 2.99. The van der Waals surface area contributed by atoms with E-state index < -0.39 is 0 Å². The molecule has 2 aliphatic heterocycles. The van der Waals surface area contributed by atoms with Crippen molar-refractivity contribution < 1.29 is 14.6 Å². The Kier molecular flexibility index (Phi) is 3.71. The van der Waals surface area contributed by atoms with Crippen LogP contribution in [0.2, 0.25) is 5.02 Å². The smallest absolute Gasteiger partial charge is 0.166 e. The van der Waals surface area contributed by atoms with Gasteiger partial charge in [-0.1, -0.05) is 11.6 Å². The van der Waals surface area contributed by atoms with Crippen molar-refractivity contribution in [3.8, 4) is 17.2 Å². The van der Waals surface area contributed by atoms with Gasteiger partial charge in [0.05, 0.1) is 5.02 Å². The zero-order chi connectivity index (χ0) is 13.2. The second-order valence-corrected chi connectivity index (χ2v) is 5.49. The van der Waals surface area contributed by atoms with Gasteiger partial charge in [-0.3, -0.25) is 0 Å². The molecule has 1 saturated heterocycles. The highest BCUT2D eigenvalue weighted by molar-refractivity contribution is 6.33. The number of phenols is 1. The Morgan fingerprint density at radius 2 is 2.00 bits per heavy atom. The first kappa shape index (κ1) is 12.9. The summed E-state index contributed by atoms with van der Waals surface area (Å²) < 4.78 is 11.2. The average molecular weight is 284 g/mol. The van der Waals surface area contributed by atoms with Gasteiger partial charge in [0.25, 0.3) is 0 Å². The second kappa shape index (κ2) is 5.47. The molecular weight excluding hydrogens is 266 g/mol. The summed E-state index contributed by atoms with van der Waals surface area (Å²) in [4.78, 5) is 0. The number of piperidine rings is 1. The highest BCUT2D eigenvalue weighted by atomic mass is 35.5. The number of nitrogens with one attached hydrogen (secondary N) is 1. The molecule has 0 aromatic heterocycles. The van der Waals surface area contributed by atoms with Crippen LogP contribution in [0.4, 0.5) is 0 Å². The van der Waals surface area contributed by atoms with Crippen LogP contribution in [0.3, 0.4) is 0 Å². The zero-order valence-corrected chi connectivity index (χ0v) is 11.5. The van der Waals surface area contributed by atoms with E-state index in [1.807, 2.05) is 0 Å². The van der Waals surface area contributed by atoms with Crippen LogP contribution in [0.1, 0.15) is 18.4 Å². The number of fused-ring (bicyclic) bond motifs is 1. The first-order chi connectivity index (χ1) is 9.25. The molecule has 1 aromatic rings. The molecule has 1 aromatic carbocycles. The van der Waals surface area contributed by atoms with Crippen LogP contribution >= 0.6 is 11.6 Å². The van der Waals surface area contributed by atoms with Gasteiger partial charge in [-0.25, -0.2) is 0 Å². The molecule has 3 rings (SSSR count). The third-order valence-electron chi connectivity index (χ3n) is 3.79. The van der Waals surface area contributed by atoms with Gasteiger partial charge in [-0.05, 0) is 38.3 Å². The minimum Gasteiger partial charge on any atom is -0.506 e. The summed E-state index contributed by atoms with van der Waals surface area (Å²) in [5.74, 6) is 1.98. The minimum atomic E-state index is 0.0786. The topological polar surface area (TPSA) is 50.7 Å². The molecule has 4 nitrogen and oxygen atoms in total. The van der Waals surface area contributed by atoms with Gasteiger partial charge < -0.3 is 19.9 Å². The number of halogens is 1. The Balaban J connectivity index is 1.91. The summed E-state index contributed by atoms with van der Waals surface area (Å²) in [6, 6.07) is 1.54. The monoisotopic (exact) mass is 283 g/mol. The Labute approximate surface area is 117 Å². The number of phenolic OH excluding ortho intramolecular Hbond substituents is 1. The summed E-state index contributed by atoms with van der Waals surface area (Å²) in [5.41, 5.74) is 0.892. The minimum absolute atomic E-state index is 0.0786. The maximum Gasteiger partial charge on any atom is 0.166 e. The van der Waals surface area contributed by atoms with Gasteiger partial charge in [-0.2, -0.15) is 0 Å². The van der Waals surface area contributed by atoms with E-state index >= 15 is 0 Å². The third-order valence-corrected chi connectivity index (χ3v) is 4.22. The molecule has 0 atom stereocenters. The summed E-state index contributed by atoms with van der Waals surface area (Å²) in [6.07, 6.45) is 3.09. The van der Waals surface area contributed by atoms with Gasteiger partial charge in [0.1, 0.15) is 19.0 Å². The van der Waals surface area contributed by atoms with E-state index in [4.69, 9.17) is 21.1 Å². The van der Waals surface area contributed by atoms with E-state index in [0.29, 0.717) is 35.7 Å². The molecular formula is C14H18ClNO3. The molecule has 0 saturated carbocycles. The third kappa shape index (κ3) is 2.60. The molecule has 104 valence electrons. The second-order valence-electron chi connectivity index (χ2n) is 5.11. The van der Waals surface area contributed by atoms with Gasteiger partial charge >= 0.3 is 0 Å². The van der Waals surface area contributed by atoms with Crippen molar-refractivity contribution in [2.75, 3.05) is 26.3 Å². The fourth-order valence-electron chi connectivity index (χ4n) is 2.77. The molecule has 0 bridgehead atoms. The lowest BCUT2D eigenvalue weighted by Gasteiger charge is -2.26. The van der Waals surface area contributed by atoms with E-state index in [2.05, 4.69) is 5.32 Å². The highest BCUT2D eigenvalue weighted by Crippen LogP contribution is 2.44. The first-order valence-corrected chi connectivity index (χ1v) is 7.14. The van der Waals surface area contributed by atoms with Gasteiger partial charge in [0, 0.05) is 11.6 Å². The molecule has 0 aliphatic carbocycles. The van der Waals surface area contributed by atoms with Crippen LogP contribution < -0.4 is 14.8 Å². The number of ether oxygens (including phenoxy) is 2. The van der Waals surface area contributed by atoms with Gasteiger partial charge in [0.15, 0.2) is 11.5 Å². The molecule has 19 heavy (non-hydrogen) atoms. The van der Waals surface area contributed by atoms with E-state index in [-0.39, 0.29) is 5.75 Å². The van der Waals surface area contributed by atoms with E-state index in [0.717, 1.165) is 37.9 Å². The largest absolute Gasteiger partial charge is 0.506 e. The molecule has 0 radical (unpaired) electrons. The quantitative estimate of drug-likeness (QED) is 0.875. The maximum absolute atomic E-state index is 9.91. The van der Waals surface area contributed by atoms with E-state index in [1.54, 1.807) is 6.07 Å². The van der Waals surface area contributed by atoms with E-state index in [1.165, 1.54) is 0 Å². The lowest BCUT2D eigenvalue weighted by Crippen LogP contribution is -2.29. The summed E-state index contributed by atoms with van der Waals surface area (Å²) in [6.45, 7) is 3.13. The van der Waals surface area contributed by atoms with Crippen molar-refractivity contribution in [1.29, 1.82) is 0 Å². The number of aromatic hydroxyl groups is 1. The normalized spacial score (nSPS) is 19.4. The first-order valence-electron chi connectivity index (χ1n) is 6.76. The van der Waals surface area contributed by atoms with Crippen LogP contribution in [0, 0.1) is 5.92 Å². The zero-order valence-electron chi connectivity index (χ0n) is 10.7. The predicted octanol–water partition coefficient (Wildman–Crippen LogP) is 2.36. The van der Waals surface area contributed by atoms with Crippen LogP contribution in [0.15, 0.2) is 6.07 Å². The molecule has 2 heterocycles. The standard InChI is InChI=1S/C14H18ClNO3/c15-13-10(7-9-1-3-16-4-2-9)14-12(8-11(13)17)18-5-6-19-14/h8-9,16-17H,1-7H2. The molecule has 1 fully saturated rings. The molecule has 5 heteroatoms. The van der Waals surface area contributed by atoms with Crippen molar-refractivity contribution in [3.05, 3.63) is 16.7 Å². The average Bonchev–Trinajstić information content (AvgIpc) is 2.45. The molecule has 2 aliphatic rings. The van der Waals surface area contributed by atoms with Crippen LogP contribution in [-0.2, 0) is 6.42 Å². The molecule has 0 spiro atoms. The molecule has 0 unspecified atom stereocenters. The number of hydrogen-bond donors (Lipinski definition) is 2. The highest BCUT2D eigenvalue weighted by Gasteiger charge is 2.25. The van der Waals surface area contributed by atoms with Crippen LogP contribution in [0.25, 0.3) is 0 Å². The Hall–Kier alpha value is -1.13. The van der Waals surface area contributed by atoms with Crippen molar-refractivity contribution in [2.24, 2.45) is 5.92 Å². The van der Waals surface area contributed by atoms with Crippen molar-refractivity contribution in [2.45, 2.75) is 19.3 Å².